The van der Waals surface area contributed by atoms with Gasteiger partial charge in [0.25, 0.3) is 5.91 Å². The summed E-state index contributed by atoms with van der Waals surface area (Å²) < 4.78 is 0. The lowest BCUT2D eigenvalue weighted by Crippen LogP contribution is -2.28. The molecule has 0 aliphatic heterocycles. The van der Waals surface area contributed by atoms with Crippen molar-refractivity contribution in [3.8, 4) is 0 Å². The van der Waals surface area contributed by atoms with Crippen LogP contribution in [0.1, 0.15) is 21.5 Å². The van der Waals surface area contributed by atoms with Crippen molar-refractivity contribution in [1.29, 1.82) is 0 Å². The van der Waals surface area contributed by atoms with Gasteiger partial charge in [0.1, 0.15) is 0 Å². The molecule has 0 bridgehead atoms. The third-order valence-corrected chi connectivity index (χ3v) is 3.43. The van der Waals surface area contributed by atoms with Crippen molar-refractivity contribution >= 4 is 23.3 Å². The molecule has 124 valence electrons. The number of rotatable bonds is 5. The Kier molecular flexibility index (Phi) is 5.73. The molecule has 24 heavy (non-hydrogen) atoms. The van der Waals surface area contributed by atoms with Crippen LogP contribution in [0, 0.1) is 13.8 Å². The third-order valence-electron chi connectivity index (χ3n) is 3.43. The highest BCUT2D eigenvalue weighted by Crippen LogP contribution is 2.16. The molecular weight excluding hydrogens is 302 g/mol. The van der Waals surface area contributed by atoms with Crippen LogP contribution >= 0.6 is 0 Å². The van der Waals surface area contributed by atoms with Gasteiger partial charge in [0, 0.05) is 23.5 Å². The smallest absolute Gasteiger partial charge is 0.319 e. The molecule has 5 heteroatoms. The Labute approximate surface area is 141 Å². The van der Waals surface area contributed by atoms with Crippen molar-refractivity contribution in [1.82, 2.24) is 5.32 Å². The van der Waals surface area contributed by atoms with E-state index in [1.54, 1.807) is 30.3 Å². The Morgan fingerprint density at radius 2 is 1.62 bits per heavy atom. The monoisotopic (exact) mass is 323 g/mol. The summed E-state index contributed by atoms with van der Waals surface area (Å²) in [6.45, 7) is 7.84. The summed E-state index contributed by atoms with van der Waals surface area (Å²) in [5.41, 5.74) is 4.00. The van der Waals surface area contributed by atoms with Gasteiger partial charge >= 0.3 is 6.03 Å². The molecule has 0 aliphatic rings. The largest absolute Gasteiger partial charge is 0.334 e. The maximum Gasteiger partial charge on any atom is 0.319 e. The van der Waals surface area contributed by atoms with Crippen molar-refractivity contribution in [3.63, 3.8) is 0 Å². The molecule has 2 aromatic rings. The molecule has 5 nitrogen and oxygen atoms in total. The minimum Gasteiger partial charge on any atom is -0.334 e. The molecule has 0 fully saturated rings. The lowest BCUT2D eigenvalue weighted by molar-refractivity contribution is 0.102. The zero-order valence-corrected chi connectivity index (χ0v) is 13.8. The first kappa shape index (κ1) is 17.3. The number of anilines is 2. The molecule has 3 N–H and O–H groups in total. The van der Waals surface area contributed by atoms with Crippen molar-refractivity contribution in [2.24, 2.45) is 0 Å². The molecule has 0 spiro atoms. The fraction of sp³-hybridized carbons (Fsp3) is 0.158. The van der Waals surface area contributed by atoms with E-state index in [0.29, 0.717) is 23.5 Å². The lowest BCUT2D eigenvalue weighted by Gasteiger charge is -2.10. The van der Waals surface area contributed by atoms with Gasteiger partial charge in [-0.1, -0.05) is 23.8 Å². The van der Waals surface area contributed by atoms with Crippen LogP contribution in [0.2, 0.25) is 0 Å². The summed E-state index contributed by atoms with van der Waals surface area (Å²) in [6.07, 6.45) is 1.60. The zero-order valence-electron chi connectivity index (χ0n) is 13.8. The minimum atomic E-state index is -0.304. The van der Waals surface area contributed by atoms with Crippen LogP contribution < -0.4 is 16.0 Å². The molecule has 0 heterocycles. The summed E-state index contributed by atoms with van der Waals surface area (Å²) in [5, 5.41) is 8.17. The number of carbonyl (C=O) groups excluding carboxylic acids is 2. The van der Waals surface area contributed by atoms with E-state index < -0.39 is 0 Å². The number of carbonyl (C=O) groups is 2. The van der Waals surface area contributed by atoms with Gasteiger partial charge in [0.15, 0.2) is 0 Å². The van der Waals surface area contributed by atoms with Crippen LogP contribution in [0.5, 0.6) is 0 Å². The first-order valence-electron chi connectivity index (χ1n) is 7.64. The second-order valence-corrected chi connectivity index (χ2v) is 5.47. The van der Waals surface area contributed by atoms with Crippen LogP contribution in [0.3, 0.4) is 0 Å². The molecule has 0 aromatic heterocycles. The predicted molar refractivity (Wildman–Crippen MR) is 97.5 cm³/mol. The van der Waals surface area contributed by atoms with Crippen LogP contribution in [-0.2, 0) is 0 Å². The van der Waals surface area contributed by atoms with Gasteiger partial charge in [0.2, 0.25) is 0 Å². The van der Waals surface area contributed by atoms with Gasteiger partial charge in [-0.15, -0.1) is 6.58 Å². The van der Waals surface area contributed by atoms with Crippen LogP contribution in [0.15, 0.2) is 55.1 Å². The van der Waals surface area contributed by atoms with Crippen molar-refractivity contribution < 1.29 is 9.59 Å². The third kappa shape index (κ3) is 4.71. The number of hydrogen-bond acceptors (Lipinski definition) is 2. The number of hydrogen-bond donors (Lipinski definition) is 3. The number of urea groups is 1. The molecular formula is C19H21N3O2. The highest BCUT2D eigenvalue weighted by Gasteiger charge is 2.09. The number of aryl methyl sites for hydroxylation is 2. The molecule has 0 saturated carbocycles. The Hall–Kier alpha value is -3.08. The van der Waals surface area contributed by atoms with Gasteiger partial charge < -0.3 is 16.0 Å². The Morgan fingerprint density at radius 1 is 1.00 bits per heavy atom. The van der Waals surface area contributed by atoms with Gasteiger partial charge in [-0.25, -0.2) is 4.79 Å². The van der Waals surface area contributed by atoms with Gasteiger partial charge in [-0.05, 0) is 49.7 Å². The summed E-state index contributed by atoms with van der Waals surface area (Å²) in [7, 11) is 0. The standard InChI is InChI=1S/C19H21N3O2/c1-4-11-20-19(24)22-16-8-6-15(7-9-16)21-18(23)17-10-5-13(2)12-14(17)3/h4-10,12H,1,11H2,2-3H3,(H,21,23)(H2,20,22,24). The Morgan fingerprint density at radius 3 is 2.21 bits per heavy atom. The molecule has 0 unspecified atom stereocenters. The van der Waals surface area contributed by atoms with E-state index in [4.69, 9.17) is 0 Å². The van der Waals surface area contributed by atoms with E-state index in [1.165, 1.54) is 0 Å². The van der Waals surface area contributed by atoms with E-state index >= 15 is 0 Å². The highest BCUT2D eigenvalue weighted by molar-refractivity contribution is 6.05. The quantitative estimate of drug-likeness (QED) is 0.731. The van der Waals surface area contributed by atoms with E-state index in [-0.39, 0.29) is 11.9 Å². The molecule has 0 atom stereocenters. The first-order chi connectivity index (χ1) is 11.5. The summed E-state index contributed by atoms with van der Waals surface area (Å²) in [5.74, 6) is -0.156. The zero-order chi connectivity index (χ0) is 17.5. The van der Waals surface area contributed by atoms with E-state index in [2.05, 4.69) is 22.5 Å². The molecule has 0 aliphatic carbocycles. The maximum atomic E-state index is 12.3. The van der Waals surface area contributed by atoms with Crippen molar-refractivity contribution in [2.45, 2.75) is 13.8 Å². The normalized spacial score (nSPS) is 9.92. The SMILES string of the molecule is C=CCNC(=O)Nc1ccc(NC(=O)c2ccc(C)cc2C)cc1. The van der Waals surface area contributed by atoms with E-state index in [9.17, 15) is 9.59 Å². The average molecular weight is 323 g/mol. The van der Waals surface area contributed by atoms with E-state index in [0.717, 1.165) is 11.1 Å². The second kappa shape index (κ2) is 7.97. The van der Waals surface area contributed by atoms with Crippen LogP contribution in [0.25, 0.3) is 0 Å². The number of benzene rings is 2. The maximum absolute atomic E-state index is 12.3. The number of amides is 3. The van der Waals surface area contributed by atoms with Gasteiger partial charge in [-0.2, -0.15) is 0 Å². The first-order valence-corrected chi connectivity index (χ1v) is 7.64. The molecule has 0 saturated heterocycles. The number of nitrogens with one attached hydrogen (secondary N) is 3. The fourth-order valence-electron chi connectivity index (χ4n) is 2.24. The summed E-state index contributed by atoms with van der Waals surface area (Å²) in [6, 6.07) is 12.3. The summed E-state index contributed by atoms with van der Waals surface area (Å²) >= 11 is 0. The molecule has 2 aromatic carbocycles. The van der Waals surface area contributed by atoms with Crippen molar-refractivity contribution in [2.75, 3.05) is 17.2 Å². The highest BCUT2D eigenvalue weighted by atomic mass is 16.2. The Bertz CT molecular complexity index is 752. The minimum absolute atomic E-state index is 0.156. The van der Waals surface area contributed by atoms with Crippen LogP contribution in [0.4, 0.5) is 16.2 Å². The molecule has 3 amide bonds. The topological polar surface area (TPSA) is 70.2 Å². The lowest BCUT2D eigenvalue weighted by atomic mass is 10.1. The van der Waals surface area contributed by atoms with Gasteiger partial charge in [0.05, 0.1) is 0 Å². The predicted octanol–water partition coefficient (Wildman–Crippen LogP) is 3.86. The van der Waals surface area contributed by atoms with Gasteiger partial charge in [-0.3, -0.25) is 4.79 Å². The van der Waals surface area contributed by atoms with Crippen molar-refractivity contribution in [3.05, 3.63) is 71.8 Å². The molecule has 2 rings (SSSR count). The fourth-order valence-corrected chi connectivity index (χ4v) is 2.24. The molecule has 0 radical (unpaired) electrons. The second-order valence-electron chi connectivity index (χ2n) is 5.47. The Balaban J connectivity index is 1.99. The average Bonchev–Trinajstić information content (AvgIpc) is 2.54. The van der Waals surface area contributed by atoms with Crippen LogP contribution in [-0.4, -0.2) is 18.5 Å². The summed E-state index contributed by atoms with van der Waals surface area (Å²) in [4.78, 5) is 23.9. The van der Waals surface area contributed by atoms with E-state index in [1.807, 2.05) is 32.0 Å².